The molecule has 12 heteroatoms. The topological polar surface area (TPSA) is 139 Å². The van der Waals surface area contributed by atoms with Crippen LogP contribution in [0.15, 0.2) is 83.8 Å². The molecular weight excluding hydrogens is 548 g/mol. The first-order valence-electron chi connectivity index (χ1n) is 13.0. The fourth-order valence-electron chi connectivity index (χ4n) is 4.00. The average molecular weight is 583 g/mol. The maximum Gasteiger partial charge on any atom is 0.269 e. The zero-order valence-electron chi connectivity index (χ0n) is 23.4. The number of rotatable bonds is 13. The highest BCUT2D eigenvalue weighted by atomic mass is 32.2. The van der Waals surface area contributed by atoms with Crippen molar-refractivity contribution < 1.29 is 27.7 Å². The number of sulfonamides is 1. The Kier molecular flexibility index (Phi) is 10.4. The summed E-state index contributed by atoms with van der Waals surface area (Å²) in [6, 6.07) is 18.4. The van der Waals surface area contributed by atoms with Gasteiger partial charge in [0.25, 0.3) is 15.7 Å². The Hall–Kier alpha value is -4.45. The van der Waals surface area contributed by atoms with Gasteiger partial charge in [-0.1, -0.05) is 37.3 Å². The molecule has 0 unspecified atom stereocenters. The second-order valence-electron chi connectivity index (χ2n) is 9.47. The first-order valence-corrected chi connectivity index (χ1v) is 14.5. The first kappa shape index (κ1) is 31.1. The number of non-ortho nitro benzene ring substituents is 1. The highest BCUT2D eigenvalue weighted by Crippen LogP contribution is 2.26. The van der Waals surface area contributed by atoms with E-state index in [4.69, 9.17) is 4.74 Å². The lowest BCUT2D eigenvalue weighted by Crippen LogP contribution is -2.52. The van der Waals surface area contributed by atoms with Gasteiger partial charge in [-0.25, -0.2) is 8.42 Å². The van der Waals surface area contributed by atoms with E-state index in [-0.39, 0.29) is 34.8 Å². The van der Waals surface area contributed by atoms with E-state index in [2.05, 4.69) is 5.32 Å². The van der Waals surface area contributed by atoms with Crippen molar-refractivity contribution in [3.8, 4) is 5.75 Å². The van der Waals surface area contributed by atoms with Crippen LogP contribution in [0.1, 0.15) is 32.8 Å². The van der Waals surface area contributed by atoms with E-state index in [1.807, 2.05) is 13.8 Å². The predicted molar refractivity (Wildman–Crippen MR) is 155 cm³/mol. The monoisotopic (exact) mass is 582 g/mol. The highest BCUT2D eigenvalue weighted by molar-refractivity contribution is 7.92. The molecule has 0 fully saturated rings. The summed E-state index contributed by atoms with van der Waals surface area (Å²) in [6.45, 7) is 4.70. The van der Waals surface area contributed by atoms with Gasteiger partial charge < -0.3 is 15.0 Å². The SMILES string of the molecule is CC[C@@H](C)NC(=O)[C@H](C)N(Cc1cccc(OC)c1)C(=O)CN(c1ccc([N+](=O)[O-])cc1)S(=O)(=O)c1ccccc1. The Morgan fingerprint density at radius 3 is 2.24 bits per heavy atom. The van der Waals surface area contributed by atoms with Crippen LogP contribution < -0.4 is 14.4 Å². The van der Waals surface area contributed by atoms with Gasteiger partial charge in [-0.05, 0) is 62.2 Å². The van der Waals surface area contributed by atoms with E-state index in [1.54, 1.807) is 49.4 Å². The van der Waals surface area contributed by atoms with Crippen LogP contribution in [0.2, 0.25) is 0 Å². The molecule has 0 aromatic heterocycles. The van der Waals surface area contributed by atoms with Gasteiger partial charge in [0.1, 0.15) is 18.3 Å². The van der Waals surface area contributed by atoms with Gasteiger partial charge in [-0.2, -0.15) is 0 Å². The van der Waals surface area contributed by atoms with Crippen LogP contribution in [0, 0.1) is 10.1 Å². The Bertz CT molecular complexity index is 1460. The highest BCUT2D eigenvalue weighted by Gasteiger charge is 2.33. The summed E-state index contributed by atoms with van der Waals surface area (Å²) in [7, 11) is -2.76. The number of anilines is 1. The standard InChI is InChI=1S/C29H34N4O7S/c1-5-21(2)30-29(35)22(3)31(19-23-10-9-11-26(18-23)40-4)28(34)20-32(24-14-16-25(17-15-24)33(36)37)41(38,39)27-12-7-6-8-13-27/h6-18,21-22H,5,19-20H2,1-4H3,(H,30,35)/t21-,22+/m1/s1. The maximum atomic E-state index is 13.9. The zero-order valence-corrected chi connectivity index (χ0v) is 24.2. The summed E-state index contributed by atoms with van der Waals surface area (Å²) in [5, 5.41) is 14.1. The number of hydrogen-bond donors (Lipinski definition) is 1. The van der Waals surface area contributed by atoms with Crippen molar-refractivity contribution in [1.29, 1.82) is 0 Å². The minimum atomic E-state index is -4.27. The van der Waals surface area contributed by atoms with Gasteiger partial charge in [-0.3, -0.25) is 24.0 Å². The summed E-state index contributed by atoms with van der Waals surface area (Å²) >= 11 is 0. The summed E-state index contributed by atoms with van der Waals surface area (Å²) in [5.41, 5.74) is 0.506. The minimum Gasteiger partial charge on any atom is -0.497 e. The van der Waals surface area contributed by atoms with Crippen LogP contribution in [-0.2, 0) is 26.2 Å². The molecule has 41 heavy (non-hydrogen) atoms. The molecule has 2 amide bonds. The smallest absolute Gasteiger partial charge is 0.269 e. The van der Waals surface area contributed by atoms with Gasteiger partial charge in [-0.15, -0.1) is 0 Å². The molecular formula is C29H34N4O7S. The van der Waals surface area contributed by atoms with E-state index >= 15 is 0 Å². The van der Waals surface area contributed by atoms with Gasteiger partial charge in [0, 0.05) is 24.7 Å². The van der Waals surface area contributed by atoms with Gasteiger partial charge in [0.2, 0.25) is 11.8 Å². The van der Waals surface area contributed by atoms with E-state index in [0.717, 1.165) is 4.31 Å². The van der Waals surface area contributed by atoms with Crippen molar-refractivity contribution in [3.63, 3.8) is 0 Å². The number of hydrogen-bond acceptors (Lipinski definition) is 7. The normalized spacial score (nSPS) is 12.6. The summed E-state index contributed by atoms with van der Waals surface area (Å²) < 4.78 is 33.7. The zero-order chi connectivity index (χ0) is 30.2. The van der Waals surface area contributed by atoms with Crippen molar-refractivity contribution in [3.05, 3.63) is 94.5 Å². The Balaban J connectivity index is 2.04. The first-order chi connectivity index (χ1) is 19.5. The Morgan fingerprint density at radius 1 is 1.00 bits per heavy atom. The molecule has 218 valence electrons. The predicted octanol–water partition coefficient (Wildman–Crippen LogP) is 4.13. The molecule has 0 aliphatic heterocycles. The second-order valence-corrected chi connectivity index (χ2v) is 11.3. The molecule has 2 atom stereocenters. The summed E-state index contributed by atoms with van der Waals surface area (Å²) in [6.07, 6.45) is 0.686. The number of ether oxygens (including phenoxy) is 1. The lowest BCUT2D eigenvalue weighted by molar-refractivity contribution is -0.384. The Morgan fingerprint density at radius 2 is 1.66 bits per heavy atom. The molecule has 1 N–H and O–H groups in total. The second kappa shape index (κ2) is 13.8. The van der Waals surface area contributed by atoms with Crippen molar-refractivity contribution in [2.75, 3.05) is 18.0 Å². The van der Waals surface area contributed by atoms with Crippen LogP contribution in [0.3, 0.4) is 0 Å². The van der Waals surface area contributed by atoms with Crippen LogP contribution in [0.4, 0.5) is 11.4 Å². The van der Waals surface area contributed by atoms with E-state index in [0.29, 0.717) is 17.7 Å². The van der Waals surface area contributed by atoms with Crippen LogP contribution in [0.25, 0.3) is 0 Å². The lowest BCUT2D eigenvalue weighted by atomic mass is 10.1. The minimum absolute atomic E-state index is 0.00458. The number of carbonyl (C=O) groups excluding carboxylic acids is 2. The van der Waals surface area contributed by atoms with Crippen molar-refractivity contribution in [2.24, 2.45) is 0 Å². The number of nitrogens with one attached hydrogen (secondary N) is 1. The molecule has 0 saturated carbocycles. The lowest BCUT2D eigenvalue weighted by Gasteiger charge is -2.32. The summed E-state index contributed by atoms with van der Waals surface area (Å²) in [5.74, 6) is -0.466. The van der Waals surface area contributed by atoms with E-state index in [9.17, 15) is 28.1 Å². The van der Waals surface area contributed by atoms with Crippen molar-refractivity contribution >= 4 is 33.2 Å². The molecule has 0 saturated heterocycles. The van der Waals surface area contributed by atoms with Gasteiger partial charge in [0.15, 0.2) is 0 Å². The Labute approximate surface area is 239 Å². The number of carbonyl (C=O) groups is 2. The third-order valence-corrected chi connectivity index (χ3v) is 8.40. The molecule has 3 rings (SSSR count). The number of methoxy groups -OCH3 is 1. The molecule has 3 aromatic carbocycles. The number of amides is 2. The fraction of sp³-hybridized carbons (Fsp3) is 0.310. The molecule has 0 heterocycles. The number of nitro groups is 1. The third-order valence-electron chi connectivity index (χ3n) is 6.61. The largest absolute Gasteiger partial charge is 0.497 e. The molecule has 0 bridgehead atoms. The molecule has 11 nitrogen and oxygen atoms in total. The van der Waals surface area contributed by atoms with E-state index < -0.39 is 33.4 Å². The van der Waals surface area contributed by atoms with Crippen LogP contribution in [0.5, 0.6) is 5.75 Å². The molecule has 0 aliphatic rings. The quantitative estimate of drug-likeness (QED) is 0.236. The molecule has 0 spiro atoms. The third kappa shape index (κ3) is 7.82. The van der Waals surface area contributed by atoms with Gasteiger partial charge >= 0.3 is 0 Å². The van der Waals surface area contributed by atoms with Crippen LogP contribution >= 0.6 is 0 Å². The van der Waals surface area contributed by atoms with E-state index in [1.165, 1.54) is 48.4 Å². The number of nitro benzene ring substituents is 1. The number of benzene rings is 3. The van der Waals surface area contributed by atoms with Gasteiger partial charge in [0.05, 0.1) is 22.6 Å². The maximum absolute atomic E-state index is 13.9. The molecule has 0 aliphatic carbocycles. The summed E-state index contributed by atoms with van der Waals surface area (Å²) in [4.78, 5) is 38.9. The van der Waals surface area contributed by atoms with Crippen LogP contribution in [-0.4, -0.2) is 55.8 Å². The molecule has 0 radical (unpaired) electrons. The molecule has 3 aromatic rings. The fourth-order valence-corrected chi connectivity index (χ4v) is 5.44. The van der Waals surface area contributed by atoms with Crippen molar-refractivity contribution in [1.82, 2.24) is 10.2 Å². The number of nitrogens with zero attached hydrogens (tertiary/aromatic N) is 3. The average Bonchev–Trinajstić information content (AvgIpc) is 2.98. The van der Waals surface area contributed by atoms with Crippen molar-refractivity contribution in [2.45, 2.75) is 50.7 Å².